The first-order valence-corrected chi connectivity index (χ1v) is 8.43. The molecule has 2 aromatic rings. The van der Waals surface area contributed by atoms with Crippen molar-refractivity contribution in [2.75, 3.05) is 0 Å². The molecule has 5 rings (SSSR count). The van der Waals surface area contributed by atoms with Crippen LogP contribution in [0.25, 0.3) is 11.0 Å². The van der Waals surface area contributed by atoms with Crippen LogP contribution in [-0.2, 0) is 4.74 Å². The van der Waals surface area contributed by atoms with Crippen molar-refractivity contribution >= 4 is 11.0 Å². The van der Waals surface area contributed by atoms with Crippen LogP contribution in [0.1, 0.15) is 43.9 Å². The summed E-state index contributed by atoms with van der Waals surface area (Å²) < 4.78 is 18.2. The second-order valence-electron chi connectivity index (χ2n) is 7.48. The van der Waals surface area contributed by atoms with Gasteiger partial charge >= 0.3 is 5.63 Å². The van der Waals surface area contributed by atoms with Crippen LogP contribution in [0.15, 0.2) is 27.4 Å². The number of fused-ring (bicyclic) bond motifs is 9. The summed E-state index contributed by atoms with van der Waals surface area (Å²) in [5.41, 5.74) is 1.93. The lowest BCUT2D eigenvalue weighted by Crippen LogP contribution is -2.41. The summed E-state index contributed by atoms with van der Waals surface area (Å²) in [5, 5.41) is 0.911. The molecule has 5 atom stereocenters. The first-order valence-electron chi connectivity index (χ1n) is 8.43. The molecule has 0 spiro atoms. The van der Waals surface area contributed by atoms with Gasteiger partial charge in [0.1, 0.15) is 23.0 Å². The van der Waals surface area contributed by atoms with Crippen molar-refractivity contribution in [1.29, 1.82) is 0 Å². The smallest absolute Gasteiger partial charge is 0.345 e. The molecule has 2 aliphatic heterocycles. The van der Waals surface area contributed by atoms with E-state index in [1.54, 1.807) is 0 Å². The lowest BCUT2D eigenvalue weighted by Gasteiger charge is -2.35. The summed E-state index contributed by atoms with van der Waals surface area (Å²) in [6.07, 6.45) is 2.06. The number of benzene rings is 1. The van der Waals surface area contributed by atoms with Crippen molar-refractivity contribution in [1.82, 2.24) is 0 Å². The average Bonchev–Trinajstić information content (AvgIpc) is 2.97. The molecular formula is C19H20O4. The number of ether oxygens (including phenoxy) is 2. The van der Waals surface area contributed by atoms with E-state index in [1.165, 1.54) is 6.42 Å². The maximum Gasteiger partial charge on any atom is 0.345 e. The van der Waals surface area contributed by atoms with Crippen molar-refractivity contribution in [3.63, 3.8) is 0 Å². The summed E-state index contributed by atoms with van der Waals surface area (Å²) in [6, 6.07) is 5.76. The van der Waals surface area contributed by atoms with Crippen LogP contribution in [0.2, 0.25) is 0 Å². The third kappa shape index (κ3) is 1.57. The van der Waals surface area contributed by atoms with E-state index in [1.807, 2.05) is 32.0 Å². The molecule has 1 saturated heterocycles. The van der Waals surface area contributed by atoms with Gasteiger partial charge in [-0.25, -0.2) is 4.79 Å². The Morgan fingerprint density at radius 1 is 1.26 bits per heavy atom. The van der Waals surface area contributed by atoms with Crippen molar-refractivity contribution < 1.29 is 13.9 Å². The molecule has 2 bridgehead atoms. The molecule has 1 saturated carbocycles. The van der Waals surface area contributed by atoms with Gasteiger partial charge in [0.05, 0.1) is 5.39 Å². The van der Waals surface area contributed by atoms with Crippen molar-refractivity contribution in [3.05, 3.63) is 39.7 Å². The monoisotopic (exact) mass is 312 g/mol. The topological polar surface area (TPSA) is 48.7 Å². The van der Waals surface area contributed by atoms with E-state index in [0.29, 0.717) is 34.6 Å². The van der Waals surface area contributed by atoms with E-state index in [0.717, 1.165) is 17.4 Å². The lowest BCUT2D eigenvalue weighted by atomic mass is 9.83. The molecule has 0 radical (unpaired) electrons. The Balaban J connectivity index is 1.85. The van der Waals surface area contributed by atoms with E-state index < -0.39 is 5.79 Å². The zero-order valence-corrected chi connectivity index (χ0v) is 13.6. The van der Waals surface area contributed by atoms with Gasteiger partial charge in [-0.2, -0.15) is 0 Å². The Morgan fingerprint density at radius 3 is 2.91 bits per heavy atom. The second kappa shape index (κ2) is 4.18. The van der Waals surface area contributed by atoms with Crippen LogP contribution in [0, 0.1) is 24.7 Å². The predicted octanol–water partition coefficient (Wildman–Crippen LogP) is 3.94. The molecule has 0 N–H and O–H groups in total. The molecule has 1 aromatic carbocycles. The molecule has 23 heavy (non-hydrogen) atoms. The van der Waals surface area contributed by atoms with Gasteiger partial charge in [0, 0.05) is 18.8 Å². The van der Waals surface area contributed by atoms with Crippen LogP contribution in [0.3, 0.4) is 0 Å². The quantitative estimate of drug-likeness (QED) is 0.691. The third-order valence-electron chi connectivity index (χ3n) is 6.16. The number of hydrogen-bond acceptors (Lipinski definition) is 4. The van der Waals surface area contributed by atoms with Crippen LogP contribution in [-0.4, -0.2) is 5.79 Å². The molecule has 3 aliphatic rings. The Kier molecular flexibility index (Phi) is 2.47. The summed E-state index contributed by atoms with van der Waals surface area (Å²) in [4.78, 5) is 12.6. The standard InChI is InChI=1S/C19H20O4/c1-9-5-4-6-12-14(9)17-15(18(20)21-12)16-13-10(2)7-8-11(13)19(3,22-16)23-17/h4-6,10-11,13,16H,7-8H2,1-3H3. The molecule has 3 heterocycles. The van der Waals surface area contributed by atoms with Crippen molar-refractivity contribution in [2.24, 2.45) is 17.8 Å². The predicted molar refractivity (Wildman–Crippen MR) is 85.5 cm³/mol. The van der Waals surface area contributed by atoms with Gasteiger partial charge in [0.25, 0.3) is 0 Å². The van der Waals surface area contributed by atoms with Crippen LogP contribution in [0.5, 0.6) is 5.75 Å². The van der Waals surface area contributed by atoms with Gasteiger partial charge in [-0.1, -0.05) is 19.1 Å². The largest absolute Gasteiger partial charge is 0.461 e. The van der Waals surface area contributed by atoms with Crippen LogP contribution < -0.4 is 10.4 Å². The maximum atomic E-state index is 12.6. The van der Waals surface area contributed by atoms with Gasteiger partial charge in [-0.05, 0) is 37.3 Å². The molecule has 5 unspecified atom stereocenters. The molecule has 1 aromatic heterocycles. The number of rotatable bonds is 0. The highest BCUT2D eigenvalue weighted by atomic mass is 16.7. The molecule has 1 aliphatic carbocycles. The summed E-state index contributed by atoms with van der Waals surface area (Å²) >= 11 is 0. The van der Waals surface area contributed by atoms with Gasteiger partial charge in [0.2, 0.25) is 5.79 Å². The normalized spacial score (nSPS) is 37.5. The molecule has 4 nitrogen and oxygen atoms in total. The first-order chi connectivity index (χ1) is 11.0. The zero-order chi connectivity index (χ0) is 15.9. The number of aryl methyl sites for hydroxylation is 1. The molecule has 120 valence electrons. The first kappa shape index (κ1) is 13.6. The molecule has 0 amide bonds. The van der Waals surface area contributed by atoms with E-state index in [2.05, 4.69) is 6.92 Å². The van der Waals surface area contributed by atoms with Gasteiger partial charge < -0.3 is 13.9 Å². The van der Waals surface area contributed by atoms with Gasteiger partial charge in [0.15, 0.2) is 0 Å². The highest BCUT2D eigenvalue weighted by molar-refractivity contribution is 5.88. The average molecular weight is 312 g/mol. The van der Waals surface area contributed by atoms with Crippen molar-refractivity contribution in [2.45, 2.75) is 45.5 Å². The SMILES string of the molecule is Cc1cccc2oc(=O)c3c(c12)OC1(C)OC3C2C(C)CCC21. The Hall–Kier alpha value is -1.81. The Labute approximate surface area is 134 Å². The van der Waals surface area contributed by atoms with E-state index in [-0.39, 0.29) is 11.7 Å². The highest BCUT2D eigenvalue weighted by Crippen LogP contribution is 2.62. The summed E-state index contributed by atoms with van der Waals surface area (Å²) in [5.74, 6) is 1.28. The fraction of sp³-hybridized carbons (Fsp3) is 0.526. The van der Waals surface area contributed by atoms with Gasteiger partial charge in [-0.15, -0.1) is 0 Å². The maximum absolute atomic E-state index is 12.6. The van der Waals surface area contributed by atoms with E-state index >= 15 is 0 Å². The summed E-state index contributed by atoms with van der Waals surface area (Å²) in [7, 11) is 0. The fourth-order valence-corrected chi connectivity index (χ4v) is 5.07. The molecule has 4 heteroatoms. The lowest BCUT2D eigenvalue weighted by molar-refractivity contribution is -0.196. The van der Waals surface area contributed by atoms with E-state index in [9.17, 15) is 4.79 Å². The molecule has 2 fully saturated rings. The van der Waals surface area contributed by atoms with Gasteiger partial charge in [-0.3, -0.25) is 0 Å². The fourth-order valence-electron chi connectivity index (χ4n) is 5.07. The third-order valence-corrected chi connectivity index (χ3v) is 6.16. The minimum absolute atomic E-state index is 0.202. The second-order valence-corrected chi connectivity index (χ2v) is 7.48. The van der Waals surface area contributed by atoms with Crippen molar-refractivity contribution in [3.8, 4) is 5.75 Å². The van der Waals surface area contributed by atoms with Crippen LogP contribution >= 0.6 is 0 Å². The minimum Gasteiger partial charge on any atom is -0.461 e. The van der Waals surface area contributed by atoms with E-state index in [4.69, 9.17) is 13.9 Å². The minimum atomic E-state index is -0.629. The highest BCUT2D eigenvalue weighted by Gasteiger charge is 2.62. The molecular weight excluding hydrogens is 292 g/mol. The Morgan fingerprint density at radius 2 is 2.09 bits per heavy atom. The number of hydrogen-bond donors (Lipinski definition) is 0. The van der Waals surface area contributed by atoms with Crippen LogP contribution in [0.4, 0.5) is 0 Å². The zero-order valence-electron chi connectivity index (χ0n) is 13.6. The summed E-state index contributed by atoms with van der Waals surface area (Å²) in [6.45, 7) is 6.31. The Bertz CT molecular complexity index is 883.